The summed E-state index contributed by atoms with van der Waals surface area (Å²) in [4.78, 5) is 26.6. The molecule has 0 aromatic heterocycles. The van der Waals surface area contributed by atoms with Gasteiger partial charge < -0.3 is 19.7 Å². The average molecular weight is 438 g/mol. The maximum Gasteiger partial charge on any atom is 0.265 e. The molecule has 164 valence electrons. The van der Waals surface area contributed by atoms with Crippen molar-refractivity contribution < 1.29 is 27.5 Å². The van der Waals surface area contributed by atoms with Crippen molar-refractivity contribution in [3.63, 3.8) is 0 Å². The van der Waals surface area contributed by atoms with Crippen molar-refractivity contribution in [1.29, 1.82) is 0 Å². The Labute approximate surface area is 176 Å². The van der Waals surface area contributed by atoms with Crippen molar-refractivity contribution in [3.8, 4) is 5.75 Å². The molecule has 0 radical (unpaired) electrons. The first-order valence-corrected chi connectivity index (χ1v) is 11.7. The van der Waals surface area contributed by atoms with Gasteiger partial charge in [-0.1, -0.05) is 0 Å². The number of rotatable bonds is 3. The Bertz CT molecular complexity index is 958. The zero-order valence-electron chi connectivity index (χ0n) is 17.2. The second-order valence-electron chi connectivity index (χ2n) is 8.00. The number of nitrogens with one attached hydrogen (secondary N) is 1. The first kappa shape index (κ1) is 21.1. The van der Waals surface area contributed by atoms with Gasteiger partial charge in [-0.05, 0) is 38.3 Å². The lowest BCUT2D eigenvalue weighted by atomic mass is 9.98. The van der Waals surface area contributed by atoms with Gasteiger partial charge in [0.15, 0.2) is 6.10 Å². The number of carbonyl (C=O) groups excluding carboxylic acids is 2. The molecule has 1 aromatic rings. The lowest BCUT2D eigenvalue weighted by Gasteiger charge is -2.36. The lowest BCUT2D eigenvalue weighted by molar-refractivity contribution is -0.140. The summed E-state index contributed by atoms with van der Waals surface area (Å²) in [6.45, 7) is 5.98. The number of sulfonamides is 1. The van der Waals surface area contributed by atoms with Gasteiger partial charge in [-0.3, -0.25) is 9.59 Å². The molecule has 3 heterocycles. The minimum atomic E-state index is -3.81. The van der Waals surface area contributed by atoms with E-state index in [0.717, 1.165) is 0 Å². The molecule has 2 amide bonds. The number of aryl methyl sites for hydroxylation is 1. The van der Waals surface area contributed by atoms with Crippen LogP contribution in [0, 0.1) is 12.8 Å². The van der Waals surface area contributed by atoms with E-state index in [1.165, 1.54) is 10.4 Å². The number of hydrogen-bond donors (Lipinski definition) is 1. The number of carbonyl (C=O) groups is 2. The van der Waals surface area contributed by atoms with Gasteiger partial charge in [0.25, 0.3) is 5.91 Å². The zero-order chi connectivity index (χ0) is 21.5. The van der Waals surface area contributed by atoms with Crippen LogP contribution in [-0.2, 0) is 24.3 Å². The van der Waals surface area contributed by atoms with E-state index in [2.05, 4.69) is 5.32 Å². The van der Waals surface area contributed by atoms with E-state index in [4.69, 9.17) is 9.47 Å². The molecule has 2 saturated heterocycles. The predicted molar refractivity (Wildman–Crippen MR) is 109 cm³/mol. The topological polar surface area (TPSA) is 105 Å². The fraction of sp³-hybridized carbons (Fsp3) is 0.600. The second-order valence-corrected chi connectivity index (χ2v) is 9.91. The minimum Gasteiger partial charge on any atom is -0.479 e. The number of amides is 2. The van der Waals surface area contributed by atoms with E-state index in [0.29, 0.717) is 62.7 Å². The van der Waals surface area contributed by atoms with Crippen LogP contribution in [0.3, 0.4) is 0 Å². The van der Waals surface area contributed by atoms with Gasteiger partial charge in [-0.2, -0.15) is 4.31 Å². The van der Waals surface area contributed by atoms with Crippen LogP contribution in [0.4, 0.5) is 5.69 Å². The molecule has 2 fully saturated rings. The van der Waals surface area contributed by atoms with E-state index in [1.54, 1.807) is 24.8 Å². The van der Waals surface area contributed by atoms with Crippen molar-refractivity contribution in [3.05, 3.63) is 17.7 Å². The fourth-order valence-electron chi connectivity index (χ4n) is 4.16. The van der Waals surface area contributed by atoms with Gasteiger partial charge in [0.2, 0.25) is 15.9 Å². The van der Waals surface area contributed by atoms with Gasteiger partial charge in [0.1, 0.15) is 5.75 Å². The monoisotopic (exact) mass is 437 g/mol. The number of nitrogens with zero attached hydrogens (tertiary/aromatic N) is 2. The average Bonchev–Trinajstić information content (AvgIpc) is 2.74. The van der Waals surface area contributed by atoms with Crippen LogP contribution in [-0.4, -0.2) is 74.9 Å². The predicted octanol–water partition coefficient (Wildman–Crippen LogP) is 0.974. The molecule has 0 bridgehead atoms. The molecule has 10 heteroatoms. The van der Waals surface area contributed by atoms with Crippen molar-refractivity contribution in [2.45, 2.75) is 37.7 Å². The number of morpholine rings is 1. The Hall–Kier alpha value is -2.17. The molecule has 30 heavy (non-hydrogen) atoms. The number of benzene rings is 1. The second kappa shape index (κ2) is 8.16. The largest absolute Gasteiger partial charge is 0.479 e. The molecule has 1 N–H and O–H groups in total. The molecule has 3 aliphatic heterocycles. The Morgan fingerprint density at radius 3 is 2.67 bits per heavy atom. The summed E-state index contributed by atoms with van der Waals surface area (Å²) in [6, 6.07) is 3.09. The summed E-state index contributed by atoms with van der Waals surface area (Å²) >= 11 is 0. The molecule has 0 aliphatic carbocycles. The van der Waals surface area contributed by atoms with Crippen molar-refractivity contribution in [2.24, 2.45) is 5.92 Å². The number of piperidine rings is 1. The maximum absolute atomic E-state index is 13.4. The zero-order valence-corrected chi connectivity index (χ0v) is 18.0. The molecule has 0 saturated carbocycles. The van der Waals surface area contributed by atoms with Crippen LogP contribution < -0.4 is 10.1 Å². The Balaban J connectivity index is 1.56. The van der Waals surface area contributed by atoms with E-state index >= 15 is 0 Å². The smallest absolute Gasteiger partial charge is 0.265 e. The highest BCUT2D eigenvalue weighted by atomic mass is 32.2. The number of anilines is 1. The van der Waals surface area contributed by atoms with Crippen molar-refractivity contribution in [1.82, 2.24) is 9.21 Å². The van der Waals surface area contributed by atoms with Gasteiger partial charge in [-0.15, -0.1) is 0 Å². The number of hydrogen-bond acceptors (Lipinski definition) is 6. The third kappa shape index (κ3) is 3.91. The molecular weight excluding hydrogens is 410 g/mol. The first-order chi connectivity index (χ1) is 14.3. The summed E-state index contributed by atoms with van der Waals surface area (Å²) in [7, 11) is -3.81. The Kier molecular flexibility index (Phi) is 5.73. The number of ether oxygens (including phenoxy) is 2. The normalized spacial score (nSPS) is 25.3. The molecule has 2 unspecified atom stereocenters. The van der Waals surface area contributed by atoms with E-state index < -0.39 is 16.1 Å². The van der Waals surface area contributed by atoms with E-state index in [9.17, 15) is 18.0 Å². The standard InChI is InChI=1S/C20H27N3O6S/c1-13-10-16-17(29-14(2)19(24)21-16)11-18(13)30(26,27)23-5-3-4-15(12-23)20(25)22-6-8-28-9-7-22/h10-11,14-15H,3-9,12H2,1-2H3,(H,21,24). The van der Waals surface area contributed by atoms with E-state index in [1.807, 2.05) is 0 Å². The fourth-order valence-corrected chi connectivity index (χ4v) is 5.91. The van der Waals surface area contributed by atoms with E-state index in [-0.39, 0.29) is 29.2 Å². The molecular formula is C20H27N3O6S. The molecule has 4 rings (SSSR count). The van der Waals surface area contributed by atoms with Gasteiger partial charge in [0.05, 0.1) is 29.7 Å². The minimum absolute atomic E-state index is 0.000216. The van der Waals surface area contributed by atoms with Gasteiger partial charge >= 0.3 is 0 Å². The Morgan fingerprint density at radius 1 is 1.20 bits per heavy atom. The summed E-state index contributed by atoms with van der Waals surface area (Å²) in [5, 5.41) is 2.73. The van der Waals surface area contributed by atoms with Crippen LogP contribution in [0.5, 0.6) is 5.75 Å². The lowest BCUT2D eigenvalue weighted by Crippen LogP contribution is -2.49. The van der Waals surface area contributed by atoms with Gasteiger partial charge in [0, 0.05) is 32.2 Å². The summed E-state index contributed by atoms with van der Waals surface area (Å²) in [5.74, 6) is -0.275. The van der Waals surface area contributed by atoms with Crippen LogP contribution in [0.15, 0.2) is 17.0 Å². The molecule has 2 atom stereocenters. The van der Waals surface area contributed by atoms with Crippen molar-refractivity contribution in [2.75, 3.05) is 44.7 Å². The Morgan fingerprint density at radius 2 is 1.93 bits per heavy atom. The van der Waals surface area contributed by atoms with Crippen LogP contribution in [0.25, 0.3) is 0 Å². The first-order valence-electron chi connectivity index (χ1n) is 10.3. The molecule has 9 nitrogen and oxygen atoms in total. The van der Waals surface area contributed by atoms with Crippen molar-refractivity contribution >= 4 is 27.5 Å². The number of fused-ring (bicyclic) bond motifs is 1. The SMILES string of the molecule is Cc1cc2c(cc1S(=O)(=O)N1CCCC(C(=O)N3CCOCC3)C1)OC(C)C(=O)N2. The van der Waals surface area contributed by atoms with Gasteiger partial charge in [-0.25, -0.2) is 8.42 Å². The summed E-state index contributed by atoms with van der Waals surface area (Å²) in [6.07, 6.45) is 0.618. The molecule has 0 spiro atoms. The maximum atomic E-state index is 13.4. The third-order valence-electron chi connectivity index (χ3n) is 5.88. The van der Waals surface area contributed by atoms with Crippen LogP contribution >= 0.6 is 0 Å². The quantitative estimate of drug-likeness (QED) is 0.756. The summed E-state index contributed by atoms with van der Waals surface area (Å²) in [5.41, 5.74) is 0.988. The highest BCUT2D eigenvalue weighted by Crippen LogP contribution is 2.36. The summed E-state index contributed by atoms with van der Waals surface area (Å²) < 4.78 is 39.1. The highest BCUT2D eigenvalue weighted by Gasteiger charge is 2.37. The highest BCUT2D eigenvalue weighted by molar-refractivity contribution is 7.89. The van der Waals surface area contributed by atoms with Crippen LogP contribution in [0.1, 0.15) is 25.3 Å². The molecule has 1 aromatic carbocycles. The molecule has 3 aliphatic rings. The third-order valence-corrected chi connectivity index (χ3v) is 7.89. The van der Waals surface area contributed by atoms with Crippen LogP contribution in [0.2, 0.25) is 0 Å².